The lowest BCUT2D eigenvalue weighted by Crippen LogP contribution is -2.32. The van der Waals surface area contributed by atoms with Gasteiger partial charge in [-0.25, -0.2) is 13.4 Å². The van der Waals surface area contributed by atoms with Crippen LogP contribution >= 0.6 is 11.6 Å². The van der Waals surface area contributed by atoms with E-state index in [0.717, 1.165) is 0 Å². The minimum atomic E-state index is -3.77. The molecule has 0 spiro atoms. The molecule has 7 heteroatoms. The molecule has 0 unspecified atom stereocenters. The maximum absolute atomic E-state index is 12.5. The number of pyridine rings is 1. The van der Waals surface area contributed by atoms with Gasteiger partial charge in [-0.1, -0.05) is 30.5 Å². The van der Waals surface area contributed by atoms with Crippen LogP contribution in [0, 0.1) is 12.3 Å². The predicted octanol–water partition coefficient (Wildman–Crippen LogP) is 1.63. The minimum Gasteiger partial charge on any atom is -0.288 e. The molecular formula is C12H12ClN3O2S. The van der Waals surface area contributed by atoms with Crippen LogP contribution in [0.2, 0.25) is 5.15 Å². The zero-order valence-electron chi connectivity index (χ0n) is 10.2. The molecule has 0 saturated carbocycles. The van der Waals surface area contributed by atoms with Crippen molar-refractivity contribution >= 4 is 27.3 Å². The normalized spacial score (nSPS) is 11.9. The van der Waals surface area contributed by atoms with E-state index in [4.69, 9.17) is 18.0 Å². The quantitative estimate of drug-likeness (QED) is 0.806. The smallest absolute Gasteiger partial charge is 0.263 e. The first-order valence-electron chi connectivity index (χ1n) is 5.58. The highest BCUT2D eigenvalue weighted by atomic mass is 35.5. The maximum atomic E-state index is 12.5. The molecule has 2 aromatic heterocycles. The van der Waals surface area contributed by atoms with E-state index in [1.54, 1.807) is 31.3 Å². The number of hydrogen-bond donors (Lipinski definition) is 0. The zero-order valence-corrected chi connectivity index (χ0v) is 11.8. The first kappa shape index (κ1) is 13.9. The summed E-state index contributed by atoms with van der Waals surface area (Å²) in [5, 5.41) is -0.108. The summed E-state index contributed by atoms with van der Waals surface area (Å²) < 4.78 is 27.7. The van der Waals surface area contributed by atoms with Crippen molar-refractivity contribution in [2.75, 3.05) is 13.1 Å². The van der Waals surface area contributed by atoms with Gasteiger partial charge in [-0.3, -0.25) is 4.40 Å². The summed E-state index contributed by atoms with van der Waals surface area (Å²) in [4.78, 5) is 4.03. The Bertz CT molecular complexity index is 746. The number of hydrogen-bond acceptors (Lipinski definition) is 3. The third kappa shape index (κ3) is 2.32. The predicted molar refractivity (Wildman–Crippen MR) is 73.5 cm³/mol. The van der Waals surface area contributed by atoms with Crippen molar-refractivity contribution in [2.45, 2.75) is 11.9 Å². The van der Waals surface area contributed by atoms with Gasteiger partial charge in [0.25, 0.3) is 10.0 Å². The van der Waals surface area contributed by atoms with Gasteiger partial charge in [0.2, 0.25) is 0 Å². The number of fused-ring (bicyclic) bond motifs is 1. The number of halogens is 1. The third-order valence-electron chi connectivity index (χ3n) is 2.65. The van der Waals surface area contributed by atoms with Crippen LogP contribution in [0.4, 0.5) is 0 Å². The summed E-state index contributed by atoms with van der Waals surface area (Å²) in [6.07, 6.45) is 6.80. The molecule has 0 aliphatic rings. The van der Waals surface area contributed by atoms with Gasteiger partial charge in [-0.15, -0.1) is 6.42 Å². The van der Waals surface area contributed by atoms with Crippen LogP contribution in [-0.4, -0.2) is 35.2 Å². The van der Waals surface area contributed by atoms with Crippen LogP contribution in [0.15, 0.2) is 29.4 Å². The standard InChI is InChI=1S/C12H12ClN3O2S/c1-3-8-15(4-2)19(17,18)12-11(13)14-10-7-5-6-9-16(10)12/h1,5-7,9H,4,8H2,2H3. The summed E-state index contributed by atoms with van der Waals surface area (Å²) in [7, 11) is -3.77. The number of imidazole rings is 1. The summed E-state index contributed by atoms with van der Waals surface area (Å²) >= 11 is 5.96. The number of aromatic nitrogens is 2. The second-order valence-electron chi connectivity index (χ2n) is 3.77. The van der Waals surface area contributed by atoms with E-state index in [0.29, 0.717) is 5.65 Å². The lowest BCUT2D eigenvalue weighted by Gasteiger charge is -2.17. The molecule has 0 N–H and O–H groups in total. The second kappa shape index (κ2) is 5.21. The van der Waals surface area contributed by atoms with Crippen molar-refractivity contribution in [2.24, 2.45) is 0 Å². The van der Waals surface area contributed by atoms with Gasteiger partial charge in [0.1, 0.15) is 5.65 Å². The molecule has 0 aliphatic carbocycles. The van der Waals surface area contributed by atoms with Crippen molar-refractivity contribution in [1.82, 2.24) is 13.7 Å². The van der Waals surface area contributed by atoms with Gasteiger partial charge in [0, 0.05) is 12.7 Å². The zero-order chi connectivity index (χ0) is 14.0. The molecule has 19 heavy (non-hydrogen) atoms. The fourth-order valence-electron chi connectivity index (χ4n) is 1.77. The average molecular weight is 298 g/mol. The number of rotatable bonds is 4. The molecule has 100 valence electrons. The first-order chi connectivity index (χ1) is 9.02. The summed E-state index contributed by atoms with van der Waals surface area (Å²) in [6.45, 7) is 1.98. The summed E-state index contributed by atoms with van der Waals surface area (Å²) in [5.41, 5.74) is 0.475. The molecule has 5 nitrogen and oxygen atoms in total. The van der Waals surface area contributed by atoms with E-state index in [2.05, 4.69) is 10.9 Å². The number of sulfonamides is 1. The van der Waals surface area contributed by atoms with Gasteiger partial charge in [0.15, 0.2) is 10.2 Å². The van der Waals surface area contributed by atoms with Gasteiger partial charge in [-0.05, 0) is 12.1 Å². The Morgan fingerprint density at radius 3 is 2.89 bits per heavy atom. The SMILES string of the molecule is C#CCN(CC)S(=O)(=O)c1c(Cl)nc2ccccn12. The van der Waals surface area contributed by atoms with Crippen molar-refractivity contribution in [3.8, 4) is 12.3 Å². The van der Waals surface area contributed by atoms with Crippen LogP contribution in [0.25, 0.3) is 5.65 Å². The van der Waals surface area contributed by atoms with Crippen LogP contribution in [0.3, 0.4) is 0 Å². The van der Waals surface area contributed by atoms with Crippen molar-refractivity contribution < 1.29 is 8.42 Å². The lowest BCUT2D eigenvalue weighted by atomic mass is 10.5. The molecule has 0 radical (unpaired) electrons. The van der Waals surface area contributed by atoms with Crippen LogP contribution in [0.1, 0.15) is 6.92 Å². The molecule has 0 bridgehead atoms. The van der Waals surface area contributed by atoms with E-state index in [1.165, 1.54) is 8.71 Å². The fraction of sp³-hybridized carbons (Fsp3) is 0.250. The molecular weight excluding hydrogens is 286 g/mol. The van der Waals surface area contributed by atoms with Gasteiger partial charge < -0.3 is 0 Å². The van der Waals surface area contributed by atoms with Crippen LogP contribution in [-0.2, 0) is 10.0 Å². The highest BCUT2D eigenvalue weighted by Gasteiger charge is 2.29. The molecule has 0 aromatic carbocycles. The van der Waals surface area contributed by atoms with E-state index < -0.39 is 10.0 Å². The van der Waals surface area contributed by atoms with Crippen molar-refractivity contribution in [3.05, 3.63) is 29.5 Å². The topological polar surface area (TPSA) is 54.7 Å². The maximum Gasteiger partial charge on any atom is 0.263 e. The Morgan fingerprint density at radius 2 is 2.26 bits per heavy atom. The Balaban J connectivity index is 2.67. The van der Waals surface area contributed by atoms with Gasteiger partial charge in [0.05, 0.1) is 6.54 Å². The highest BCUT2D eigenvalue weighted by Crippen LogP contribution is 2.25. The average Bonchev–Trinajstić information content (AvgIpc) is 2.71. The monoisotopic (exact) mass is 297 g/mol. The van der Waals surface area contributed by atoms with E-state index in [-0.39, 0.29) is 23.3 Å². The van der Waals surface area contributed by atoms with Crippen LogP contribution < -0.4 is 0 Å². The summed E-state index contributed by atoms with van der Waals surface area (Å²) in [6, 6.07) is 5.15. The van der Waals surface area contributed by atoms with Crippen LogP contribution in [0.5, 0.6) is 0 Å². The fourth-order valence-corrected chi connectivity index (χ4v) is 3.73. The molecule has 0 fully saturated rings. The Labute approximate surface area is 116 Å². The molecule has 0 amide bonds. The van der Waals surface area contributed by atoms with Crippen molar-refractivity contribution in [1.29, 1.82) is 0 Å². The lowest BCUT2D eigenvalue weighted by molar-refractivity contribution is 0.460. The molecule has 2 rings (SSSR count). The molecule has 2 aromatic rings. The summed E-state index contributed by atoms with van der Waals surface area (Å²) in [5.74, 6) is 2.33. The Kier molecular flexibility index (Phi) is 3.80. The van der Waals surface area contributed by atoms with E-state index >= 15 is 0 Å². The molecule has 0 saturated heterocycles. The third-order valence-corrected chi connectivity index (χ3v) is 4.97. The number of terminal acetylenes is 1. The highest BCUT2D eigenvalue weighted by molar-refractivity contribution is 7.89. The molecule has 2 heterocycles. The Hall–Kier alpha value is -1.55. The second-order valence-corrected chi connectivity index (χ2v) is 5.98. The van der Waals surface area contributed by atoms with Gasteiger partial charge >= 0.3 is 0 Å². The van der Waals surface area contributed by atoms with Gasteiger partial charge in [-0.2, -0.15) is 4.31 Å². The molecule has 0 atom stereocenters. The van der Waals surface area contributed by atoms with Crippen molar-refractivity contribution in [3.63, 3.8) is 0 Å². The Morgan fingerprint density at radius 1 is 1.53 bits per heavy atom. The molecule has 0 aliphatic heterocycles. The number of nitrogens with zero attached hydrogens (tertiary/aromatic N) is 3. The first-order valence-corrected chi connectivity index (χ1v) is 7.40. The largest absolute Gasteiger partial charge is 0.288 e. The van der Waals surface area contributed by atoms with E-state index in [1.807, 2.05) is 0 Å². The minimum absolute atomic E-state index is 0.00473. The van der Waals surface area contributed by atoms with E-state index in [9.17, 15) is 8.42 Å².